The number of rotatable bonds is 5. The van der Waals surface area contributed by atoms with Crippen molar-refractivity contribution in [1.29, 1.82) is 0 Å². The van der Waals surface area contributed by atoms with E-state index in [4.69, 9.17) is 0 Å². The van der Waals surface area contributed by atoms with E-state index in [0.717, 1.165) is 5.56 Å². The van der Waals surface area contributed by atoms with Crippen LogP contribution in [0.4, 0.5) is 0 Å². The minimum absolute atomic E-state index is 0.154. The van der Waals surface area contributed by atoms with Gasteiger partial charge in [-0.15, -0.1) is 0 Å². The van der Waals surface area contributed by atoms with Crippen molar-refractivity contribution in [2.24, 2.45) is 7.05 Å². The normalized spacial score (nSPS) is 12.0. The second kappa shape index (κ2) is 6.33. The molecule has 0 aliphatic carbocycles. The van der Waals surface area contributed by atoms with Crippen LogP contribution in [0.5, 0.6) is 0 Å². The molecule has 0 aliphatic rings. The van der Waals surface area contributed by atoms with Gasteiger partial charge >= 0.3 is 5.69 Å². The smallest absolute Gasteiger partial charge is 0.332 e. The third-order valence-corrected chi connectivity index (χ3v) is 4.24. The van der Waals surface area contributed by atoms with E-state index in [0.29, 0.717) is 24.1 Å². The van der Waals surface area contributed by atoms with E-state index in [1.54, 1.807) is 31.8 Å². The Morgan fingerprint density at radius 2 is 1.84 bits per heavy atom. The molecule has 132 valence electrons. The molecule has 0 saturated heterocycles. The summed E-state index contributed by atoms with van der Waals surface area (Å²) < 4.78 is 4.30. The average molecular weight is 342 g/mol. The first-order chi connectivity index (χ1) is 11.8. The molecule has 2 heterocycles. The van der Waals surface area contributed by atoms with Crippen molar-refractivity contribution in [3.63, 3.8) is 0 Å². The highest BCUT2D eigenvalue weighted by atomic mass is 16.3. The molecule has 0 saturated carbocycles. The lowest BCUT2D eigenvalue weighted by molar-refractivity contribution is 0.0654. The maximum absolute atomic E-state index is 12.9. The zero-order chi connectivity index (χ0) is 18.2. The molecule has 3 rings (SSSR count). The average Bonchev–Trinajstić information content (AvgIpc) is 2.96. The summed E-state index contributed by atoms with van der Waals surface area (Å²) in [6, 6.07) is 9.75. The Hall–Kier alpha value is -2.67. The van der Waals surface area contributed by atoms with E-state index in [1.807, 2.05) is 30.3 Å². The van der Waals surface area contributed by atoms with Gasteiger partial charge in [-0.3, -0.25) is 13.9 Å². The summed E-state index contributed by atoms with van der Waals surface area (Å²) in [7, 11) is 1.60. The SMILES string of the molecule is Cn1c(=O)n(CCC(C)(C)O)c(=O)c2c1ncn2Cc1ccccc1. The minimum Gasteiger partial charge on any atom is -0.390 e. The van der Waals surface area contributed by atoms with Crippen LogP contribution in [0.15, 0.2) is 46.2 Å². The largest absolute Gasteiger partial charge is 0.390 e. The highest BCUT2D eigenvalue weighted by Gasteiger charge is 2.19. The zero-order valence-corrected chi connectivity index (χ0v) is 14.6. The second-order valence-corrected chi connectivity index (χ2v) is 6.89. The van der Waals surface area contributed by atoms with E-state index in [2.05, 4.69) is 4.98 Å². The quantitative estimate of drug-likeness (QED) is 0.753. The first-order valence-corrected chi connectivity index (χ1v) is 8.19. The number of fused-ring (bicyclic) bond motifs is 1. The first kappa shape index (κ1) is 17.2. The fraction of sp³-hybridized carbons (Fsp3) is 0.389. The second-order valence-electron chi connectivity index (χ2n) is 6.89. The Bertz CT molecular complexity index is 1010. The maximum atomic E-state index is 12.9. The van der Waals surface area contributed by atoms with Gasteiger partial charge in [-0.2, -0.15) is 0 Å². The minimum atomic E-state index is -0.955. The van der Waals surface area contributed by atoms with Crippen LogP contribution in [0, 0.1) is 0 Å². The van der Waals surface area contributed by atoms with Gasteiger partial charge in [0.15, 0.2) is 11.2 Å². The molecule has 2 aromatic heterocycles. The molecule has 1 N–H and O–H groups in total. The molecule has 0 fully saturated rings. The maximum Gasteiger partial charge on any atom is 0.332 e. The van der Waals surface area contributed by atoms with Crippen molar-refractivity contribution in [2.45, 2.75) is 39.0 Å². The molecule has 0 bridgehead atoms. The standard InChI is InChI=1S/C18H22N4O3/c1-18(2,25)9-10-22-16(23)14-15(20(3)17(22)24)19-12-21(14)11-13-7-5-4-6-8-13/h4-8,12,25H,9-11H2,1-3H3. The monoisotopic (exact) mass is 342 g/mol. The summed E-state index contributed by atoms with van der Waals surface area (Å²) in [5.74, 6) is 0. The van der Waals surface area contributed by atoms with Crippen molar-refractivity contribution in [1.82, 2.24) is 18.7 Å². The molecule has 1 aromatic carbocycles. The van der Waals surface area contributed by atoms with Crippen LogP contribution in [0.1, 0.15) is 25.8 Å². The van der Waals surface area contributed by atoms with Gasteiger partial charge in [-0.25, -0.2) is 9.78 Å². The summed E-state index contributed by atoms with van der Waals surface area (Å²) in [5, 5.41) is 9.91. The Morgan fingerprint density at radius 1 is 1.16 bits per heavy atom. The first-order valence-electron chi connectivity index (χ1n) is 8.19. The van der Waals surface area contributed by atoms with E-state index >= 15 is 0 Å². The van der Waals surface area contributed by atoms with E-state index in [9.17, 15) is 14.7 Å². The lowest BCUT2D eigenvalue weighted by atomic mass is 10.1. The van der Waals surface area contributed by atoms with Gasteiger partial charge in [0.25, 0.3) is 5.56 Å². The number of aliphatic hydroxyl groups is 1. The van der Waals surface area contributed by atoms with Gasteiger partial charge in [-0.1, -0.05) is 30.3 Å². The number of hydrogen-bond acceptors (Lipinski definition) is 4. The molecule has 0 unspecified atom stereocenters. The Morgan fingerprint density at radius 3 is 2.48 bits per heavy atom. The van der Waals surface area contributed by atoms with Crippen LogP contribution in [0.3, 0.4) is 0 Å². The molecular formula is C18H22N4O3. The summed E-state index contributed by atoms with van der Waals surface area (Å²) in [6.07, 6.45) is 1.89. The van der Waals surface area contributed by atoms with Crippen molar-refractivity contribution in [2.75, 3.05) is 0 Å². The van der Waals surface area contributed by atoms with Gasteiger partial charge in [0.1, 0.15) is 0 Å². The van der Waals surface area contributed by atoms with E-state index in [1.165, 1.54) is 9.13 Å². The Balaban J connectivity index is 2.11. The molecule has 0 radical (unpaired) electrons. The highest BCUT2D eigenvalue weighted by molar-refractivity contribution is 5.70. The van der Waals surface area contributed by atoms with Gasteiger partial charge < -0.3 is 9.67 Å². The number of benzene rings is 1. The molecule has 7 heteroatoms. The van der Waals surface area contributed by atoms with Gasteiger partial charge in [0.05, 0.1) is 11.9 Å². The third-order valence-electron chi connectivity index (χ3n) is 4.24. The Kier molecular flexibility index (Phi) is 4.34. The van der Waals surface area contributed by atoms with Gasteiger partial charge in [0.2, 0.25) is 0 Å². The predicted octanol–water partition coefficient (Wildman–Crippen LogP) is 1.11. The van der Waals surface area contributed by atoms with Crippen LogP contribution in [-0.4, -0.2) is 29.4 Å². The van der Waals surface area contributed by atoms with Crippen LogP contribution in [0.25, 0.3) is 11.2 Å². The number of hydrogen-bond donors (Lipinski definition) is 1. The van der Waals surface area contributed by atoms with E-state index < -0.39 is 11.3 Å². The predicted molar refractivity (Wildman–Crippen MR) is 95.7 cm³/mol. The molecule has 7 nitrogen and oxygen atoms in total. The molecular weight excluding hydrogens is 320 g/mol. The number of aromatic nitrogens is 4. The van der Waals surface area contributed by atoms with Crippen molar-refractivity contribution < 1.29 is 5.11 Å². The number of imidazole rings is 1. The van der Waals surface area contributed by atoms with Crippen molar-refractivity contribution in [3.8, 4) is 0 Å². The lowest BCUT2D eigenvalue weighted by Crippen LogP contribution is -2.41. The van der Waals surface area contributed by atoms with Crippen LogP contribution in [-0.2, 0) is 20.1 Å². The van der Waals surface area contributed by atoms with Crippen LogP contribution < -0.4 is 11.2 Å². The summed E-state index contributed by atoms with van der Waals surface area (Å²) in [5.41, 5.74) is 0.0386. The molecule has 0 spiro atoms. The van der Waals surface area contributed by atoms with Crippen molar-refractivity contribution in [3.05, 3.63) is 63.1 Å². The molecule has 25 heavy (non-hydrogen) atoms. The van der Waals surface area contributed by atoms with Gasteiger partial charge in [0, 0.05) is 20.1 Å². The van der Waals surface area contributed by atoms with Gasteiger partial charge in [-0.05, 0) is 25.8 Å². The zero-order valence-electron chi connectivity index (χ0n) is 14.6. The molecule has 0 aliphatic heterocycles. The topological polar surface area (TPSA) is 82.0 Å². The molecule has 3 aromatic rings. The van der Waals surface area contributed by atoms with Crippen LogP contribution in [0.2, 0.25) is 0 Å². The number of aryl methyl sites for hydroxylation is 1. The fourth-order valence-corrected chi connectivity index (χ4v) is 2.80. The summed E-state index contributed by atoms with van der Waals surface area (Å²) >= 11 is 0. The fourth-order valence-electron chi connectivity index (χ4n) is 2.80. The Labute approximate surface area is 144 Å². The summed E-state index contributed by atoms with van der Waals surface area (Å²) in [6.45, 7) is 3.96. The summed E-state index contributed by atoms with van der Waals surface area (Å²) in [4.78, 5) is 29.6. The highest BCUT2D eigenvalue weighted by Crippen LogP contribution is 2.11. The molecule has 0 amide bonds. The third kappa shape index (κ3) is 3.41. The number of nitrogens with zero attached hydrogens (tertiary/aromatic N) is 4. The van der Waals surface area contributed by atoms with Crippen LogP contribution >= 0.6 is 0 Å². The lowest BCUT2D eigenvalue weighted by Gasteiger charge is -2.17. The van der Waals surface area contributed by atoms with Crippen molar-refractivity contribution >= 4 is 11.2 Å². The molecule has 0 atom stereocenters. The van der Waals surface area contributed by atoms with E-state index in [-0.39, 0.29) is 12.1 Å².